The molecule has 1 saturated heterocycles. The van der Waals surface area contributed by atoms with Gasteiger partial charge in [0, 0.05) is 19.4 Å². The number of hydrogen-bond acceptors (Lipinski definition) is 5. The van der Waals surface area contributed by atoms with Crippen LogP contribution in [0.5, 0.6) is 0 Å². The standard InChI is InChI=1S/C19H30N2O5/c22-14-16-8-6-11-21(16)17(23)13-15-7-4-2-1-3-5-9-18(24)26-12-10-20-19(15)25/h2,4,15-16,22H,1,3,5-14H2,(H,20,25)/t15-,16+/m1/s1. The molecule has 2 rings (SSSR count). The van der Waals surface area contributed by atoms with E-state index in [1.807, 2.05) is 12.2 Å². The molecule has 0 radical (unpaired) electrons. The summed E-state index contributed by atoms with van der Waals surface area (Å²) >= 11 is 0. The number of hydrogen-bond donors (Lipinski definition) is 2. The molecule has 0 aliphatic carbocycles. The number of aliphatic hydroxyl groups excluding tert-OH is 1. The minimum atomic E-state index is -0.447. The van der Waals surface area contributed by atoms with Crippen LogP contribution in [0.25, 0.3) is 0 Å². The van der Waals surface area contributed by atoms with Crippen molar-refractivity contribution in [3.8, 4) is 0 Å². The van der Waals surface area contributed by atoms with E-state index < -0.39 is 5.92 Å². The number of aliphatic hydroxyl groups is 1. The van der Waals surface area contributed by atoms with Gasteiger partial charge in [0.1, 0.15) is 6.61 Å². The van der Waals surface area contributed by atoms with Gasteiger partial charge in [-0.1, -0.05) is 12.2 Å². The van der Waals surface area contributed by atoms with Crippen molar-refractivity contribution in [2.45, 2.75) is 57.4 Å². The second-order valence-corrected chi connectivity index (χ2v) is 6.93. The first-order valence-corrected chi connectivity index (χ1v) is 9.60. The molecule has 0 aromatic rings. The number of cyclic esters (lactones) is 1. The van der Waals surface area contributed by atoms with Gasteiger partial charge in [0.05, 0.1) is 25.1 Å². The summed E-state index contributed by atoms with van der Waals surface area (Å²) in [6.45, 7) is 1.01. The molecule has 0 aromatic heterocycles. The number of esters is 1. The van der Waals surface area contributed by atoms with Crippen LogP contribution in [0.1, 0.15) is 51.4 Å². The van der Waals surface area contributed by atoms with Gasteiger partial charge < -0.3 is 20.1 Å². The van der Waals surface area contributed by atoms with Crippen molar-refractivity contribution in [3.63, 3.8) is 0 Å². The molecule has 2 atom stereocenters. The molecule has 2 aliphatic heterocycles. The Hall–Kier alpha value is -1.89. The average Bonchev–Trinajstić information content (AvgIpc) is 3.11. The van der Waals surface area contributed by atoms with E-state index in [9.17, 15) is 19.5 Å². The molecule has 2 amide bonds. The molecule has 26 heavy (non-hydrogen) atoms. The predicted octanol–water partition coefficient (Wildman–Crippen LogP) is 1.16. The van der Waals surface area contributed by atoms with Crippen molar-refractivity contribution in [2.24, 2.45) is 5.92 Å². The molecular weight excluding hydrogens is 336 g/mol. The zero-order valence-corrected chi connectivity index (χ0v) is 15.3. The maximum atomic E-state index is 12.6. The molecule has 0 aromatic carbocycles. The number of carbonyl (C=O) groups is 3. The minimum Gasteiger partial charge on any atom is -0.464 e. The van der Waals surface area contributed by atoms with Gasteiger partial charge in [-0.3, -0.25) is 14.4 Å². The second kappa shape index (κ2) is 11.0. The topological polar surface area (TPSA) is 95.9 Å². The summed E-state index contributed by atoms with van der Waals surface area (Å²) in [6, 6.07) is -0.126. The van der Waals surface area contributed by atoms with Gasteiger partial charge in [-0.05, 0) is 38.5 Å². The SMILES string of the molecule is O=C1CCCCC=CC[C@H](CC(=O)N2CCC[C@H]2CO)C(=O)NCCO1. The van der Waals surface area contributed by atoms with Crippen molar-refractivity contribution >= 4 is 17.8 Å². The number of allylic oxidation sites excluding steroid dienone is 2. The van der Waals surface area contributed by atoms with E-state index in [0.717, 1.165) is 32.1 Å². The molecule has 0 saturated carbocycles. The van der Waals surface area contributed by atoms with E-state index in [2.05, 4.69) is 5.32 Å². The normalized spacial score (nSPS) is 26.1. The Balaban J connectivity index is 1.95. The molecule has 7 nitrogen and oxygen atoms in total. The summed E-state index contributed by atoms with van der Waals surface area (Å²) in [6.07, 6.45) is 9.23. The molecule has 0 spiro atoms. The molecule has 146 valence electrons. The van der Waals surface area contributed by atoms with Gasteiger partial charge in [0.25, 0.3) is 0 Å². The minimum absolute atomic E-state index is 0.0339. The number of ether oxygens (including phenoxy) is 1. The summed E-state index contributed by atoms with van der Waals surface area (Å²) in [7, 11) is 0. The Morgan fingerprint density at radius 1 is 1.27 bits per heavy atom. The van der Waals surface area contributed by atoms with Crippen molar-refractivity contribution in [2.75, 3.05) is 26.3 Å². The van der Waals surface area contributed by atoms with Crippen molar-refractivity contribution in [1.29, 1.82) is 0 Å². The first kappa shape index (κ1) is 20.4. The van der Waals surface area contributed by atoms with Gasteiger partial charge in [-0.25, -0.2) is 0 Å². The van der Waals surface area contributed by atoms with Gasteiger partial charge in [-0.15, -0.1) is 0 Å². The molecule has 2 aliphatic rings. The van der Waals surface area contributed by atoms with Crippen LogP contribution in [0.15, 0.2) is 12.2 Å². The zero-order valence-electron chi connectivity index (χ0n) is 15.3. The van der Waals surface area contributed by atoms with Crippen LogP contribution >= 0.6 is 0 Å². The molecular formula is C19H30N2O5. The molecule has 0 unspecified atom stereocenters. The van der Waals surface area contributed by atoms with Gasteiger partial charge in [-0.2, -0.15) is 0 Å². The van der Waals surface area contributed by atoms with E-state index in [-0.39, 0.29) is 50.0 Å². The second-order valence-electron chi connectivity index (χ2n) is 6.93. The lowest BCUT2D eigenvalue weighted by Gasteiger charge is -2.25. The quantitative estimate of drug-likeness (QED) is 0.577. The van der Waals surface area contributed by atoms with Gasteiger partial charge >= 0.3 is 5.97 Å². The third kappa shape index (κ3) is 6.44. The van der Waals surface area contributed by atoms with Crippen LogP contribution in [0.3, 0.4) is 0 Å². The summed E-state index contributed by atoms with van der Waals surface area (Å²) in [5, 5.41) is 12.2. The summed E-state index contributed by atoms with van der Waals surface area (Å²) in [4.78, 5) is 38.3. The molecule has 2 N–H and O–H groups in total. The summed E-state index contributed by atoms with van der Waals surface area (Å²) < 4.78 is 5.09. The van der Waals surface area contributed by atoms with E-state index >= 15 is 0 Å². The van der Waals surface area contributed by atoms with Crippen molar-refractivity contribution in [3.05, 3.63) is 12.2 Å². The fourth-order valence-corrected chi connectivity index (χ4v) is 3.43. The van der Waals surface area contributed by atoms with Gasteiger partial charge in [0.15, 0.2) is 0 Å². The number of rotatable bonds is 3. The van der Waals surface area contributed by atoms with Crippen LogP contribution in [-0.2, 0) is 19.1 Å². The van der Waals surface area contributed by atoms with Crippen molar-refractivity contribution in [1.82, 2.24) is 10.2 Å². The molecule has 0 bridgehead atoms. The van der Waals surface area contributed by atoms with Crippen LogP contribution in [0.2, 0.25) is 0 Å². The van der Waals surface area contributed by atoms with Crippen LogP contribution in [0, 0.1) is 5.92 Å². The lowest BCUT2D eigenvalue weighted by molar-refractivity contribution is -0.144. The van der Waals surface area contributed by atoms with Crippen molar-refractivity contribution < 1.29 is 24.2 Å². The fourth-order valence-electron chi connectivity index (χ4n) is 3.43. The van der Waals surface area contributed by atoms with E-state index in [0.29, 0.717) is 19.4 Å². The number of carbonyl (C=O) groups excluding carboxylic acids is 3. The maximum Gasteiger partial charge on any atom is 0.305 e. The lowest BCUT2D eigenvalue weighted by atomic mass is 9.98. The average molecular weight is 366 g/mol. The van der Waals surface area contributed by atoms with Crippen LogP contribution in [-0.4, -0.2) is 60.1 Å². The van der Waals surface area contributed by atoms with Crippen LogP contribution < -0.4 is 5.32 Å². The largest absolute Gasteiger partial charge is 0.464 e. The summed E-state index contributed by atoms with van der Waals surface area (Å²) in [5.74, 6) is -0.966. The molecule has 7 heteroatoms. The summed E-state index contributed by atoms with van der Waals surface area (Å²) in [5.41, 5.74) is 0. The number of amides is 2. The highest BCUT2D eigenvalue weighted by molar-refractivity contribution is 5.86. The Morgan fingerprint density at radius 3 is 2.92 bits per heavy atom. The van der Waals surface area contributed by atoms with E-state index in [1.165, 1.54) is 0 Å². The first-order chi connectivity index (χ1) is 12.6. The number of nitrogens with one attached hydrogen (secondary N) is 1. The maximum absolute atomic E-state index is 12.6. The monoisotopic (exact) mass is 366 g/mol. The third-order valence-electron chi connectivity index (χ3n) is 4.95. The highest BCUT2D eigenvalue weighted by Crippen LogP contribution is 2.21. The number of likely N-dealkylation sites (tertiary alicyclic amines) is 1. The molecule has 2 heterocycles. The third-order valence-corrected chi connectivity index (χ3v) is 4.95. The number of nitrogens with zero attached hydrogens (tertiary/aromatic N) is 1. The molecule has 1 fully saturated rings. The van der Waals surface area contributed by atoms with Crippen LogP contribution in [0.4, 0.5) is 0 Å². The predicted molar refractivity (Wildman–Crippen MR) is 96.1 cm³/mol. The van der Waals surface area contributed by atoms with E-state index in [1.54, 1.807) is 4.90 Å². The lowest BCUT2D eigenvalue weighted by Crippen LogP contribution is -2.41. The Bertz CT molecular complexity index is 520. The fraction of sp³-hybridized carbons (Fsp3) is 0.737. The first-order valence-electron chi connectivity index (χ1n) is 9.60. The highest BCUT2D eigenvalue weighted by Gasteiger charge is 2.31. The Kier molecular flexibility index (Phi) is 8.61. The van der Waals surface area contributed by atoms with E-state index in [4.69, 9.17) is 4.74 Å². The smallest absolute Gasteiger partial charge is 0.305 e. The zero-order chi connectivity index (χ0) is 18.8. The highest BCUT2D eigenvalue weighted by atomic mass is 16.5. The van der Waals surface area contributed by atoms with Gasteiger partial charge in [0.2, 0.25) is 11.8 Å². The Labute approximate surface area is 154 Å². The Morgan fingerprint density at radius 2 is 2.12 bits per heavy atom.